The SMILES string of the molecule is COc1ccc(C(=O)N[C@@H](C)c2ccc(C)cc2)cc1C. The summed E-state index contributed by atoms with van der Waals surface area (Å²) in [6.07, 6.45) is 0. The first kappa shape index (κ1) is 15.1. The van der Waals surface area contributed by atoms with Gasteiger partial charge in [0.2, 0.25) is 0 Å². The molecule has 2 aromatic carbocycles. The molecule has 0 heterocycles. The second-order valence-electron chi connectivity index (χ2n) is 5.29. The lowest BCUT2D eigenvalue weighted by Crippen LogP contribution is -2.26. The first-order valence-corrected chi connectivity index (χ1v) is 7.03. The third kappa shape index (κ3) is 3.63. The molecule has 2 rings (SSSR count). The quantitative estimate of drug-likeness (QED) is 0.926. The van der Waals surface area contributed by atoms with Crippen molar-refractivity contribution in [1.29, 1.82) is 0 Å². The van der Waals surface area contributed by atoms with E-state index in [1.807, 2.05) is 45.0 Å². The summed E-state index contributed by atoms with van der Waals surface area (Å²) >= 11 is 0. The van der Waals surface area contributed by atoms with Crippen LogP contribution in [0.2, 0.25) is 0 Å². The van der Waals surface area contributed by atoms with Crippen molar-refractivity contribution in [2.45, 2.75) is 26.8 Å². The van der Waals surface area contributed by atoms with E-state index in [1.165, 1.54) is 5.56 Å². The van der Waals surface area contributed by atoms with Crippen LogP contribution in [0.15, 0.2) is 42.5 Å². The van der Waals surface area contributed by atoms with Crippen LogP contribution in [-0.2, 0) is 0 Å². The Morgan fingerprint density at radius 3 is 2.33 bits per heavy atom. The average Bonchev–Trinajstić information content (AvgIpc) is 2.47. The van der Waals surface area contributed by atoms with E-state index in [0.717, 1.165) is 16.9 Å². The highest BCUT2D eigenvalue weighted by Gasteiger charge is 2.12. The molecule has 1 amide bonds. The van der Waals surface area contributed by atoms with Gasteiger partial charge in [0.05, 0.1) is 13.2 Å². The Hall–Kier alpha value is -2.29. The van der Waals surface area contributed by atoms with E-state index in [4.69, 9.17) is 4.74 Å². The maximum atomic E-state index is 12.3. The molecule has 1 atom stereocenters. The molecule has 0 spiro atoms. The third-order valence-electron chi connectivity index (χ3n) is 3.58. The summed E-state index contributed by atoms with van der Waals surface area (Å²) < 4.78 is 5.21. The zero-order chi connectivity index (χ0) is 15.4. The van der Waals surface area contributed by atoms with Crippen molar-refractivity contribution < 1.29 is 9.53 Å². The molecule has 1 N–H and O–H groups in total. The number of carbonyl (C=O) groups is 1. The number of carbonyl (C=O) groups excluding carboxylic acids is 1. The van der Waals surface area contributed by atoms with Gasteiger partial charge in [-0.3, -0.25) is 4.79 Å². The minimum Gasteiger partial charge on any atom is -0.496 e. The van der Waals surface area contributed by atoms with Crippen LogP contribution in [0.5, 0.6) is 5.75 Å². The molecular weight excluding hydrogens is 262 g/mol. The minimum absolute atomic E-state index is 0.0273. The second-order valence-corrected chi connectivity index (χ2v) is 5.29. The Bertz CT molecular complexity index is 632. The lowest BCUT2D eigenvalue weighted by molar-refractivity contribution is 0.0940. The standard InChI is InChI=1S/C18H21NO2/c1-12-5-7-15(8-6-12)14(3)19-18(20)16-9-10-17(21-4)13(2)11-16/h5-11,14H,1-4H3,(H,19,20)/t14-/m0/s1. The van der Waals surface area contributed by atoms with E-state index in [2.05, 4.69) is 17.4 Å². The molecule has 0 aromatic heterocycles. The highest BCUT2D eigenvalue weighted by Crippen LogP contribution is 2.19. The van der Waals surface area contributed by atoms with Crippen LogP contribution in [0.3, 0.4) is 0 Å². The molecule has 3 nitrogen and oxygen atoms in total. The Kier molecular flexibility index (Phi) is 4.63. The smallest absolute Gasteiger partial charge is 0.251 e. The molecule has 110 valence electrons. The maximum Gasteiger partial charge on any atom is 0.251 e. The number of ether oxygens (including phenoxy) is 1. The molecule has 2 aromatic rings. The molecule has 21 heavy (non-hydrogen) atoms. The summed E-state index contributed by atoms with van der Waals surface area (Å²) in [6.45, 7) is 5.96. The Morgan fingerprint density at radius 1 is 1.10 bits per heavy atom. The van der Waals surface area contributed by atoms with Gasteiger partial charge in [0.1, 0.15) is 5.75 Å². The summed E-state index contributed by atoms with van der Waals surface area (Å²) in [5, 5.41) is 3.02. The molecular formula is C18H21NO2. The molecule has 0 radical (unpaired) electrons. The molecule has 0 fully saturated rings. The predicted octanol–water partition coefficient (Wildman–Crippen LogP) is 3.80. The molecule has 0 saturated carbocycles. The number of rotatable bonds is 4. The van der Waals surface area contributed by atoms with Gasteiger partial charge in [-0.1, -0.05) is 29.8 Å². The number of benzene rings is 2. The molecule has 3 heteroatoms. The van der Waals surface area contributed by atoms with E-state index >= 15 is 0 Å². The highest BCUT2D eigenvalue weighted by molar-refractivity contribution is 5.94. The molecule has 0 saturated heterocycles. The zero-order valence-electron chi connectivity index (χ0n) is 12.9. The predicted molar refractivity (Wildman–Crippen MR) is 84.8 cm³/mol. The normalized spacial score (nSPS) is 11.8. The van der Waals surface area contributed by atoms with Crippen molar-refractivity contribution in [3.8, 4) is 5.75 Å². The van der Waals surface area contributed by atoms with Crippen LogP contribution in [0, 0.1) is 13.8 Å². The van der Waals surface area contributed by atoms with Crippen molar-refractivity contribution in [2.24, 2.45) is 0 Å². The van der Waals surface area contributed by atoms with E-state index in [0.29, 0.717) is 5.56 Å². The lowest BCUT2D eigenvalue weighted by Gasteiger charge is -2.15. The monoisotopic (exact) mass is 283 g/mol. The van der Waals surface area contributed by atoms with Gasteiger partial charge in [0.25, 0.3) is 5.91 Å². The van der Waals surface area contributed by atoms with Gasteiger partial charge in [-0.05, 0) is 50.1 Å². The van der Waals surface area contributed by atoms with Gasteiger partial charge in [-0.2, -0.15) is 0 Å². The summed E-state index contributed by atoms with van der Waals surface area (Å²) in [4.78, 5) is 12.3. The molecule has 0 unspecified atom stereocenters. The number of nitrogens with one attached hydrogen (secondary N) is 1. The van der Waals surface area contributed by atoms with Crippen molar-refractivity contribution in [1.82, 2.24) is 5.32 Å². The van der Waals surface area contributed by atoms with Crippen LogP contribution >= 0.6 is 0 Å². The van der Waals surface area contributed by atoms with Crippen LogP contribution in [0.1, 0.15) is 40.0 Å². The zero-order valence-corrected chi connectivity index (χ0v) is 12.9. The van der Waals surface area contributed by atoms with Crippen molar-refractivity contribution in [2.75, 3.05) is 7.11 Å². The number of aryl methyl sites for hydroxylation is 2. The van der Waals surface area contributed by atoms with Crippen LogP contribution in [0.25, 0.3) is 0 Å². The van der Waals surface area contributed by atoms with E-state index in [1.54, 1.807) is 13.2 Å². The van der Waals surface area contributed by atoms with E-state index < -0.39 is 0 Å². The number of hydrogen-bond donors (Lipinski definition) is 1. The van der Waals surface area contributed by atoms with E-state index in [-0.39, 0.29) is 11.9 Å². The fourth-order valence-electron chi connectivity index (χ4n) is 2.24. The number of methoxy groups -OCH3 is 1. The lowest BCUT2D eigenvalue weighted by atomic mass is 10.1. The molecule has 0 bridgehead atoms. The fraction of sp³-hybridized carbons (Fsp3) is 0.278. The van der Waals surface area contributed by atoms with Gasteiger partial charge >= 0.3 is 0 Å². The van der Waals surface area contributed by atoms with Crippen LogP contribution in [0.4, 0.5) is 0 Å². The van der Waals surface area contributed by atoms with Crippen LogP contribution in [-0.4, -0.2) is 13.0 Å². The Labute approximate surface area is 126 Å². The van der Waals surface area contributed by atoms with Gasteiger partial charge < -0.3 is 10.1 Å². The van der Waals surface area contributed by atoms with Crippen LogP contribution < -0.4 is 10.1 Å². The molecule has 0 aliphatic rings. The summed E-state index contributed by atoms with van der Waals surface area (Å²) in [7, 11) is 1.63. The highest BCUT2D eigenvalue weighted by atomic mass is 16.5. The van der Waals surface area contributed by atoms with Crippen molar-refractivity contribution in [3.63, 3.8) is 0 Å². The Morgan fingerprint density at radius 2 is 1.76 bits per heavy atom. The fourth-order valence-corrected chi connectivity index (χ4v) is 2.24. The average molecular weight is 283 g/mol. The number of hydrogen-bond acceptors (Lipinski definition) is 2. The van der Waals surface area contributed by atoms with Gasteiger partial charge in [0.15, 0.2) is 0 Å². The number of amides is 1. The first-order chi connectivity index (χ1) is 10.0. The molecule has 0 aliphatic carbocycles. The largest absolute Gasteiger partial charge is 0.496 e. The molecule has 0 aliphatic heterocycles. The van der Waals surface area contributed by atoms with Gasteiger partial charge in [0, 0.05) is 5.56 Å². The maximum absolute atomic E-state index is 12.3. The van der Waals surface area contributed by atoms with Gasteiger partial charge in [-0.25, -0.2) is 0 Å². The first-order valence-electron chi connectivity index (χ1n) is 7.03. The van der Waals surface area contributed by atoms with Crippen molar-refractivity contribution >= 4 is 5.91 Å². The summed E-state index contributed by atoms with van der Waals surface area (Å²) in [5.41, 5.74) is 3.91. The summed E-state index contributed by atoms with van der Waals surface area (Å²) in [6, 6.07) is 13.6. The topological polar surface area (TPSA) is 38.3 Å². The summed E-state index contributed by atoms with van der Waals surface area (Å²) in [5.74, 6) is 0.715. The minimum atomic E-state index is -0.0752. The Balaban J connectivity index is 2.10. The van der Waals surface area contributed by atoms with E-state index in [9.17, 15) is 4.79 Å². The van der Waals surface area contributed by atoms with Gasteiger partial charge in [-0.15, -0.1) is 0 Å². The van der Waals surface area contributed by atoms with Crippen molar-refractivity contribution in [3.05, 3.63) is 64.7 Å². The second kappa shape index (κ2) is 6.44. The third-order valence-corrected chi connectivity index (χ3v) is 3.58.